The molecule has 2 amide bonds. The monoisotopic (exact) mass is 341 g/mol. The highest BCUT2D eigenvalue weighted by molar-refractivity contribution is 5.86. The fourth-order valence-electron chi connectivity index (χ4n) is 3.41. The van der Waals surface area contributed by atoms with Crippen molar-refractivity contribution in [3.05, 3.63) is 54.1 Å². The van der Waals surface area contributed by atoms with Crippen molar-refractivity contribution in [2.24, 2.45) is 5.73 Å². The summed E-state index contributed by atoms with van der Waals surface area (Å²) in [5.74, 6) is -0.378. The third-order valence-corrected chi connectivity index (χ3v) is 4.67. The van der Waals surface area contributed by atoms with E-state index in [9.17, 15) is 9.59 Å². The zero-order chi connectivity index (χ0) is 17.8. The second-order valence-corrected chi connectivity index (χ2v) is 6.44. The summed E-state index contributed by atoms with van der Waals surface area (Å²) in [6.45, 7) is 0.985. The van der Waals surface area contributed by atoms with Crippen LogP contribution in [0.2, 0.25) is 0 Å². The lowest BCUT2D eigenvalue weighted by molar-refractivity contribution is -0.136. The fraction of sp³-hybridized carbons (Fsp3) is 0.389. The van der Waals surface area contributed by atoms with Crippen molar-refractivity contribution in [2.45, 2.75) is 38.0 Å². The zero-order valence-electron chi connectivity index (χ0n) is 14.3. The summed E-state index contributed by atoms with van der Waals surface area (Å²) in [7, 11) is 1.77. The lowest BCUT2D eigenvalue weighted by atomic mass is 10.1. The third-order valence-electron chi connectivity index (χ3n) is 4.67. The molecule has 2 aromatic rings. The molecule has 1 saturated heterocycles. The smallest absolute Gasteiger partial charge is 0.240 e. The number of nitrogens with one attached hydrogen (secondary N) is 1. The number of rotatable bonds is 6. The molecule has 7 heteroatoms. The van der Waals surface area contributed by atoms with Crippen LogP contribution in [0.25, 0.3) is 0 Å². The van der Waals surface area contributed by atoms with Crippen LogP contribution in [0.3, 0.4) is 0 Å². The van der Waals surface area contributed by atoms with Gasteiger partial charge >= 0.3 is 0 Å². The van der Waals surface area contributed by atoms with Crippen LogP contribution in [-0.4, -0.2) is 50.7 Å². The van der Waals surface area contributed by atoms with Crippen LogP contribution < -0.4 is 5.73 Å². The topological polar surface area (TPSA) is 95.3 Å². The molecule has 2 atom stereocenters. The second-order valence-electron chi connectivity index (χ2n) is 6.44. The van der Waals surface area contributed by atoms with Gasteiger partial charge in [-0.25, -0.2) is 4.98 Å². The van der Waals surface area contributed by atoms with E-state index in [2.05, 4.69) is 9.97 Å². The van der Waals surface area contributed by atoms with E-state index >= 15 is 0 Å². The molecule has 1 aliphatic rings. The predicted octanol–water partition coefficient (Wildman–Crippen LogP) is 0.887. The maximum Gasteiger partial charge on any atom is 0.240 e. The van der Waals surface area contributed by atoms with Gasteiger partial charge in [-0.05, 0) is 18.4 Å². The first kappa shape index (κ1) is 17.2. The lowest BCUT2D eigenvalue weighted by Gasteiger charge is -2.30. The van der Waals surface area contributed by atoms with Crippen LogP contribution in [0, 0.1) is 0 Å². The number of aromatic nitrogens is 2. The number of aromatic amines is 1. The molecule has 0 spiro atoms. The number of hydrogen-bond donors (Lipinski definition) is 2. The molecule has 1 fully saturated rings. The van der Waals surface area contributed by atoms with Crippen molar-refractivity contribution >= 4 is 11.8 Å². The molecule has 0 radical (unpaired) electrons. The normalized spacial score (nSPS) is 20.5. The Labute approximate surface area is 146 Å². The van der Waals surface area contributed by atoms with Gasteiger partial charge in [0.2, 0.25) is 11.8 Å². The Hall–Kier alpha value is -2.67. The number of H-pyrrole nitrogens is 1. The van der Waals surface area contributed by atoms with Gasteiger partial charge in [-0.2, -0.15) is 0 Å². The highest BCUT2D eigenvalue weighted by atomic mass is 16.2. The van der Waals surface area contributed by atoms with E-state index in [0.717, 1.165) is 11.3 Å². The second kappa shape index (κ2) is 7.48. The van der Waals surface area contributed by atoms with Gasteiger partial charge < -0.3 is 15.6 Å². The van der Waals surface area contributed by atoms with Gasteiger partial charge in [0, 0.05) is 19.8 Å². The lowest BCUT2D eigenvalue weighted by Crippen LogP contribution is -2.49. The maximum atomic E-state index is 12.9. The highest BCUT2D eigenvalue weighted by Crippen LogP contribution is 2.27. The van der Waals surface area contributed by atoms with E-state index in [4.69, 9.17) is 5.73 Å². The van der Waals surface area contributed by atoms with Crippen LogP contribution >= 0.6 is 0 Å². The van der Waals surface area contributed by atoms with Gasteiger partial charge in [0.15, 0.2) is 0 Å². The highest BCUT2D eigenvalue weighted by Gasteiger charge is 2.41. The average molecular weight is 341 g/mol. The van der Waals surface area contributed by atoms with Gasteiger partial charge in [-0.15, -0.1) is 0 Å². The Bertz CT molecular complexity index is 716. The van der Waals surface area contributed by atoms with Gasteiger partial charge in [0.1, 0.15) is 0 Å². The zero-order valence-corrected chi connectivity index (χ0v) is 14.3. The number of likely N-dealkylation sites (tertiary alicyclic amines) is 1. The molecule has 1 aromatic carbocycles. The molecule has 2 heterocycles. The molecule has 0 unspecified atom stereocenters. The van der Waals surface area contributed by atoms with E-state index in [1.807, 2.05) is 35.2 Å². The Morgan fingerprint density at radius 1 is 1.28 bits per heavy atom. The first-order valence-corrected chi connectivity index (χ1v) is 8.37. The molecule has 1 aromatic heterocycles. The van der Waals surface area contributed by atoms with Gasteiger partial charge in [0.25, 0.3) is 0 Å². The molecular formula is C18H23N5O2. The van der Waals surface area contributed by atoms with Crippen LogP contribution in [0.4, 0.5) is 0 Å². The number of imidazole rings is 1. The molecule has 7 nitrogen and oxygen atoms in total. The van der Waals surface area contributed by atoms with E-state index in [1.54, 1.807) is 24.5 Å². The first-order chi connectivity index (χ1) is 12.1. The Kier molecular flexibility index (Phi) is 5.14. The number of amides is 2. The Morgan fingerprint density at radius 2 is 2.00 bits per heavy atom. The van der Waals surface area contributed by atoms with E-state index in [0.29, 0.717) is 25.9 Å². The fourth-order valence-corrected chi connectivity index (χ4v) is 3.41. The third kappa shape index (κ3) is 3.88. The molecule has 1 aliphatic heterocycles. The van der Waals surface area contributed by atoms with Crippen molar-refractivity contribution in [2.75, 3.05) is 7.05 Å². The molecule has 25 heavy (non-hydrogen) atoms. The summed E-state index contributed by atoms with van der Waals surface area (Å²) in [6, 6.07) is 9.08. The number of carbonyl (C=O) groups is 2. The average Bonchev–Trinajstić information content (AvgIpc) is 3.25. The minimum absolute atomic E-state index is 0.00530. The molecule has 0 aliphatic carbocycles. The largest absolute Gasteiger partial charge is 0.368 e. The van der Waals surface area contributed by atoms with E-state index in [1.165, 1.54) is 0 Å². The van der Waals surface area contributed by atoms with Crippen molar-refractivity contribution in [1.82, 2.24) is 19.8 Å². The summed E-state index contributed by atoms with van der Waals surface area (Å²) < 4.78 is 0. The minimum atomic E-state index is -0.408. The van der Waals surface area contributed by atoms with Gasteiger partial charge in [-0.1, -0.05) is 30.3 Å². The number of nitrogens with two attached hydrogens (primary N) is 1. The van der Waals surface area contributed by atoms with Crippen molar-refractivity contribution < 1.29 is 9.59 Å². The summed E-state index contributed by atoms with van der Waals surface area (Å²) in [5.41, 5.74) is 7.50. The molecule has 3 N–H and O–H groups in total. The summed E-state index contributed by atoms with van der Waals surface area (Å²) in [6.07, 6.45) is 4.53. The molecular weight excluding hydrogens is 318 g/mol. The number of nitrogens with zero attached hydrogens (tertiary/aromatic N) is 3. The van der Waals surface area contributed by atoms with Gasteiger partial charge in [0.05, 0.1) is 30.6 Å². The van der Waals surface area contributed by atoms with E-state index < -0.39 is 6.04 Å². The number of benzene rings is 1. The van der Waals surface area contributed by atoms with Crippen molar-refractivity contribution in [3.8, 4) is 0 Å². The van der Waals surface area contributed by atoms with Crippen LogP contribution in [0.5, 0.6) is 0 Å². The van der Waals surface area contributed by atoms with E-state index in [-0.39, 0.29) is 17.9 Å². The number of primary amides is 1. The Balaban J connectivity index is 1.75. The molecule has 0 saturated carbocycles. The number of carbonyl (C=O) groups excluding carboxylic acids is 2. The maximum absolute atomic E-state index is 12.9. The standard InChI is InChI=1S/C18H23N5O2/c1-22(11-14-9-20-12-21-14)18(25)16-8-7-15(17(19)24)23(16)10-13-5-3-2-4-6-13/h2-6,9,12,15-16H,7-8,10-11H2,1H3,(H2,19,24)(H,20,21)/t15-,16+/m0/s1. The first-order valence-electron chi connectivity index (χ1n) is 8.37. The molecule has 0 bridgehead atoms. The van der Waals surface area contributed by atoms with Crippen LogP contribution in [-0.2, 0) is 22.7 Å². The summed E-state index contributed by atoms with van der Waals surface area (Å²) in [5, 5.41) is 0. The van der Waals surface area contributed by atoms with Crippen molar-refractivity contribution in [3.63, 3.8) is 0 Å². The Morgan fingerprint density at radius 3 is 2.64 bits per heavy atom. The number of likely N-dealkylation sites (N-methyl/N-ethyl adjacent to an activating group) is 1. The van der Waals surface area contributed by atoms with Crippen LogP contribution in [0.15, 0.2) is 42.9 Å². The van der Waals surface area contributed by atoms with Gasteiger partial charge in [-0.3, -0.25) is 14.5 Å². The SMILES string of the molecule is CN(Cc1cnc[nH]1)C(=O)[C@H]1CC[C@@H](C(N)=O)N1Cc1ccccc1. The number of hydrogen-bond acceptors (Lipinski definition) is 4. The molecule has 3 rings (SSSR count). The molecule has 132 valence electrons. The minimum Gasteiger partial charge on any atom is -0.368 e. The van der Waals surface area contributed by atoms with Crippen molar-refractivity contribution in [1.29, 1.82) is 0 Å². The quantitative estimate of drug-likeness (QED) is 0.815. The summed E-state index contributed by atoms with van der Waals surface area (Å²) >= 11 is 0. The van der Waals surface area contributed by atoms with Crippen LogP contribution in [0.1, 0.15) is 24.1 Å². The predicted molar refractivity (Wildman–Crippen MR) is 93.1 cm³/mol. The summed E-state index contributed by atoms with van der Waals surface area (Å²) in [4.78, 5) is 35.3.